The first-order valence-electron chi connectivity index (χ1n) is 41.0. The number of carbonyl (C=O) groups is 12. The van der Waals surface area contributed by atoms with Crippen LogP contribution < -0.4 is 0 Å². The van der Waals surface area contributed by atoms with Gasteiger partial charge in [-0.3, -0.25) is 86.9 Å². The third kappa shape index (κ3) is 10.6. The summed E-state index contributed by atoms with van der Waals surface area (Å²) in [6.45, 7) is 0. The van der Waals surface area contributed by atoms with Crippen molar-refractivity contribution in [1.29, 1.82) is 0 Å². The molecule has 6 aliphatic heterocycles. The minimum Gasteiger partial charge on any atom is -0.277 e. The molecule has 0 atom stereocenters. The molecular weight excluding hydrogens is 1570 g/mol. The van der Waals surface area contributed by atoms with Crippen molar-refractivity contribution in [2.75, 3.05) is 42.3 Å². The smallest absolute Gasteiger partial charge is 0.261 e. The zero-order valence-electron chi connectivity index (χ0n) is 68.3. The van der Waals surface area contributed by atoms with Crippen LogP contribution in [0.1, 0.15) is 124 Å². The number of fused-ring (bicyclic) bond motifs is 3. The monoisotopic (exact) mass is 1640 g/mol. The number of carbonyl (C=O) groups excluding carboxylic acids is 12. The predicted molar refractivity (Wildman–Crippen MR) is 488 cm³/mol. The van der Waals surface area contributed by atoms with Crippen LogP contribution in [0.5, 0.6) is 0 Å². The van der Waals surface area contributed by atoms with Gasteiger partial charge in [0.2, 0.25) is 0 Å². The summed E-state index contributed by atoms with van der Waals surface area (Å²) in [6, 6.07) is 93.0. The third-order valence-electron chi connectivity index (χ3n) is 26.1. The maximum Gasteiger partial charge on any atom is 0.261 e. The molecule has 600 valence electrons. The Bertz CT molecular complexity index is 7640. The average Bonchev–Trinajstić information content (AvgIpc) is 0.704. The van der Waals surface area contributed by atoms with Crippen LogP contribution in [0.15, 0.2) is 291 Å². The Labute approximate surface area is 717 Å². The topological polar surface area (TPSA) is 224 Å². The molecule has 18 nitrogen and oxygen atoms in total. The molecule has 0 spiro atoms. The van der Waals surface area contributed by atoms with E-state index in [0.717, 1.165) is 141 Å². The summed E-state index contributed by atoms with van der Waals surface area (Å²) in [7, 11) is 9.08. The summed E-state index contributed by atoms with van der Waals surface area (Å²) in [6.07, 6.45) is 0. The molecule has 0 saturated carbocycles. The van der Waals surface area contributed by atoms with Gasteiger partial charge in [0.15, 0.2) is 0 Å². The Hall–Kier alpha value is -16.9. The van der Waals surface area contributed by atoms with E-state index in [2.05, 4.69) is 48.5 Å². The summed E-state index contributed by atoms with van der Waals surface area (Å²) in [4.78, 5) is 163. The molecular formula is C108H66N6O12. The fourth-order valence-corrected chi connectivity index (χ4v) is 20.0. The Morgan fingerprint density at radius 1 is 0.127 bits per heavy atom. The molecule has 0 saturated heterocycles. The van der Waals surface area contributed by atoms with E-state index in [0.29, 0.717) is 99.1 Å². The average molecular weight is 1640 g/mol. The number of hydrogen-bond donors (Lipinski definition) is 0. The third-order valence-corrected chi connectivity index (χ3v) is 26.1. The first-order chi connectivity index (χ1) is 61.1. The van der Waals surface area contributed by atoms with Gasteiger partial charge in [0.05, 0.1) is 0 Å². The van der Waals surface area contributed by atoms with Crippen LogP contribution in [0.25, 0.3) is 164 Å². The quantitative estimate of drug-likeness (QED) is 0.112. The highest BCUT2D eigenvalue weighted by Gasteiger charge is 2.39. The van der Waals surface area contributed by atoms with Crippen molar-refractivity contribution in [3.05, 3.63) is 358 Å². The van der Waals surface area contributed by atoms with E-state index in [-0.39, 0.29) is 70.9 Å². The minimum atomic E-state index is -0.309. The van der Waals surface area contributed by atoms with E-state index in [1.807, 2.05) is 194 Å². The van der Waals surface area contributed by atoms with Crippen molar-refractivity contribution >= 4 is 168 Å². The second-order valence-corrected chi connectivity index (χ2v) is 32.5. The van der Waals surface area contributed by atoms with Crippen molar-refractivity contribution in [3.8, 4) is 66.8 Å². The van der Waals surface area contributed by atoms with Gasteiger partial charge in [-0.1, -0.05) is 218 Å². The predicted octanol–water partition coefficient (Wildman–Crippen LogP) is 20.8. The van der Waals surface area contributed by atoms with Crippen molar-refractivity contribution in [2.24, 2.45) is 0 Å². The number of rotatable bonds is 6. The molecule has 0 N–H and O–H groups in total. The van der Waals surface area contributed by atoms with E-state index in [1.54, 1.807) is 48.5 Å². The summed E-state index contributed by atoms with van der Waals surface area (Å²) in [5.74, 6) is -3.65. The van der Waals surface area contributed by atoms with Gasteiger partial charge in [-0.15, -0.1) is 0 Å². The number of imide groups is 6. The summed E-state index contributed by atoms with van der Waals surface area (Å²) in [5.41, 5.74) is 17.7. The molecule has 126 heavy (non-hydrogen) atoms. The fourth-order valence-electron chi connectivity index (χ4n) is 20.0. The van der Waals surface area contributed by atoms with Crippen LogP contribution in [-0.4, -0.2) is 143 Å². The maximum absolute atomic E-state index is 13.2. The fraction of sp³-hybridized carbons (Fsp3) is 0.0556. The van der Waals surface area contributed by atoms with Gasteiger partial charge in [0, 0.05) is 141 Å². The lowest BCUT2D eigenvalue weighted by molar-refractivity contribution is 0.0635. The Morgan fingerprint density at radius 2 is 0.270 bits per heavy atom. The summed E-state index contributed by atoms with van der Waals surface area (Å²) >= 11 is 0. The van der Waals surface area contributed by atoms with Crippen LogP contribution in [0.4, 0.5) is 0 Å². The van der Waals surface area contributed by atoms with Gasteiger partial charge in [-0.2, -0.15) is 0 Å². The van der Waals surface area contributed by atoms with Crippen LogP contribution in [0.2, 0.25) is 0 Å². The molecule has 0 bridgehead atoms. The zero-order chi connectivity index (χ0) is 86.6. The van der Waals surface area contributed by atoms with E-state index in [1.165, 1.54) is 61.9 Å². The summed E-state index contributed by atoms with van der Waals surface area (Å²) < 4.78 is 0. The lowest BCUT2D eigenvalue weighted by atomic mass is 9.81. The van der Waals surface area contributed by atoms with E-state index >= 15 is 0 Å². The number of amides is 12. The lowest BCUT2D eigenvalue weighted by Gasteiger charge is -2.26. The first-order valence-corrected chi connectivity index (χ1v) is 41.0. The van der Waals surface area contributed by atoms with Gasteiger partial charge >= 0.3 is 0 Å². The highest BCUT2D eigenvalue weighted by Crippen LogP contribution is 2.51. The normalized spacial score (nSPS) is 14.5. The maximum atomic E-state index is 13.2. The van der Waals surface area contributed by atoms with Crippen LogP contribution >= 0.6 is 0 Å². The molecule has 6 aliphatic rings. The van der Waals surface area contributed by atoms with Crippen molar-refractivity contribution < 1.29 is 57.5 Å². The molecule has 6 heterocycles. The SMILES string of the molecule is CN1C(=O)c2cccc3c(-c4c5ccccc5c(-c5ccc6c7c(cccc57)C(=O)N(C)C6=O)c5ccccc45)ccc(c23)C1=O.CN1C(=O)c2cccc3c(-c4ccc(-c5ccc6c7c(cccc57)C(=O)N(C)C6=O)c5ccccc45)ccc(c23)C1=O.CN1C(=O)c2cccc3c(-c4ccc(-c5ccc6c7c(cccc57)C(=O)N(C)C6=O)cc4)ccc(c23)C1=O. The largest absolute Gasteiger partial charge is 0.277 e. The number of benzene rings is 18. The molecule has 18 aromatic rings. The van der Waals surface area contributed by atoms with Gasteiger partial charge < -0.3 is 0 Å². The molecule has 12 amide bonds. The van der Waals surface area contributed by atoms with Crippen LogP contribution in [-0.2, 0) is 0 Å². The van der Waals surface area contributed by atoms with Crippen LogP contribution in [0, 0.1) is 0 Å². The molecule has 0 aromatic heterocycles. The van der Waals surface area contributed by atoms with Gasteiger partial charge in [-0.25, -0.2) is 0 Å². The van der Waals surface area contributed by atoms with Gasteiger partial charge in [0.25, 0.3) is 70.9 Å². The second kappa shape index (κ2) is 27.8. The van der Waals surface area contributed by atoms with E-state index < -0.39 is 0 Å². The van der Waals surface area contributed by atoms with E-state index in [4.69, 9.17) is 0 Å². The molecule has 18 aromatic carbocycles. The Balaban J connectivity index is 0.000000112. The van der Waals surface area contributed by atoms with Crippen molar-refractivity contribution in [2.45, 2.75) is 0 Å². The van der Waals surface area contributed by atoms with Crippen LogP contribution in [0.3, 0.4) is 0 Å². The highest BCUT2D eigenvalue weighted by molar-refractivity contribution is 6.35. The van der Waals surface area contributed by atoms with Crippen molar-refractivity contribution in [3.63, 3.8) is 0 Å². The number of nitrogens with zero attached hydrogens (tertiary/aromatic N) is 6. The molecule has 24 rings (SSSR count). The standard InChI is InChI=1S/C40H24N2O4.C36H22N2O4.C32H20N2O4/c1-41-37(43)29-15-7-13-25-27(17-19-31(35(25)29)39(41)45)33-21-9-3-5-11-23(21)34(24-12-6-4-10-22(24)33)28-18-20-32-36-26(28)14-8-16-30(36)38(44)42(2)40(32)46;1-37-33(39)27-11-5-9-25-23(15-17-29(31(25)27)35(37)41)21-13-14-22(20-8-4-3-7-19(20)21)24-16-18-30-32-26(24)10-6-12-28(32)34(40)38(2)36(30)42;1-33-29(35)23-7-3-5-21-19(13-15-25(27(21)23)31(33)37)17-9-11-18(12-10-17)20-14-16-26-28-22(20)6-4-8-24(28)30(36)34(2)32(26)38/h3-20H,1-2H3;3-18H,1-2H3;3-16H,1-2H3. The van der Waals surface area contributed by atoms with Gasteiger partial charge in [-0.05, 0) is 204 Å². The Morgan fingerprint density at radius 3 is 0.484 bits per heavy atom. The molecule has 0 aliphatic carbocycles. The minimum absolute atomic E-state index is 0.299. The van der Waals surface area contributed by atoms with Crippen molar-refractivity contribution in [1.82, 2.24) is 29.4 Å². The number of hydrogen-bond acceptors (Lipinski definition) is 12. The molecule has 18 heteroatoms. The summed E-state index contributed by atoms with van der Waals surface area (Å²) in [5, 5.41) is 15.2. The molecule has 0 fully saturated rings. The van der Waals surface area contributed by atoms with Gasteiger partial charge in [0.1, 0.15) is 0 Å². The first kappa shape index (κ1) is 75.4. The second-order valence-electron chi connectivity index (χ2n) is 32.5. The zero-order valence-corrected chi connectivity index (χ0v) is 68.3. The Kier molecular flexibility index (Phi) is 16.7. The molecule has 0 unspecified atom stereocenters. The van der Waals surface area contributed by atoms with E-state index in [9.17, 15) is 57.5 Å². The molecule has 0 radical (unpaired) electrons. The lowest BCUT2D eigenvalue weighted by Crippen LogP contribution is -2.36. The highest BCUT2D eigenvalue weighted by atomic mass is 16.2.